The molecule has 3 unspecified atom stereocenters. The van der Waals surface area contributed by atoms with E-state index in [1.54, 1.807) is 6.26 Å². The first-order valence-corrected chi connectivity index (χ1v) is 7.07. The number of hydrogen-bond donors (Lipinski definition) is 1. The van der Waals surface area contributed by atoms with Crippen molar-refractivity contribution in [1.29, 1.82) is 0 Å². The van der Waals surface area contributed by atoms with Gasteiger partial charge in [0.25, 0.3) is 0 Å². The predicted octanol–water partition coefficient (Wildman–Crippen LogP) is 3.37. The fourth-order valence-electron chi connectivity index (χ4n) is 3.66. The van der Waals surface area contributed by atoms with Crippen LogP contribution in [0.4, 0.5) is 0 Å². The predicted molar refractivity (Wildman–Crippen MR) is 75.7 cm³/mol. The van der Waals surface area contributed by atoms with Crippen LogP contribution < -0.4 is 5.32 Å². The average Bonchev–Trinajstić information content (AvgIpc) is 3.13. The fraction of sp³-hybridized carbons (Fsp3) is 0.438. The first-order valence-electron chi connectivity index (χ1n) is 7.07. The number of nitrogens with zero attached hydrogens (tertiary/aromatic N) is 1. The summed E-state index contributed by atoms with van der Waals surface area (Å²) in [4.78, 5) is 4.41. The summed E-state index contributed by atoms with van der Waals surface area (Å²) in [5.74, 6) is 0.835. The smallest absolute Gasteiger partial charge is 0.152 e. The van der Waals surface area contributed by atoms with Gasteiger partial charge in [-0.15, -0.1) is 0 Å². The molecule has 0 spiro atoms. The molecular weight excluding hydrogens is 236 g/mol. The van der Waals surface area contributed by atoms with E-state index >= 15 is 0 Å². The highest BCUT2D eigenvalue weighted by Gasteiger charge is 2.39. The molecule has 1 N–H and O–H groups in total. The third kappa shape index (κ3) is 1.89. The molecule has 1 saturated heterocycles. The quantitative estimate of drug-likeness (QED) is 0.893. The van der Waals surface area contributed by atoms with Crippen LogP contribution in [-0.4, -0.2) is 17.1 Å². The molecule has 2 aromatic heterocycles. The van der Waals surface area contributed by atoms with E-state index < -0.39 is 0 Å². The van der Waals surface area contributed by atoms with E-state index in [0.717, 1.165) is 28.6 Å². The van der Waals surface area contributed by atoms with Gasteiger partial charge in [0, 0.05) is 24.3 Å². The van der Waals surface area contributed by atoms with Gasteiger partial charge < -0.3 is 9.73 Å². The Kier molecular flexibility index (Phi) is 2.49. The number of hydrogen-bond acceptors (Lipinski definition) is 3. The fourth-order valence-corrected chi connectivity index (χ4v) is 3.66. The van der Waals surface area contributed by atoms with Crippen molar-refractivity contribution < 1.29 is 4.42 Å². The van der Waals surface area contributed by atoms with E-state index in [1.165, 1.54) is 24.8 Å². The third-order valence-corrected chi connectivity index (χ3v) is 4.57. The highest BCUT2D eigenvalue weighted by molar-refractivity contribution is 5.75. The van der Waals surface area contributed by atoms with Crippen molar-refractivity contribution in [2.45, 2.75) is 38.3 Å². The van der Waals surface area contributed by atoms with Gasteiger partial charge in [-0.25, -0.2) is 0 Å². The summed E-state index contributed by atoms with van der Waals surface area (Å²) in [5, 5.41) is 3.73. The molecule has 19 heavy (non-hydrogen) atoms. The maximum atomic E-state index is 5.41. The summed E-state index contributed by atoms with van der Waals surface area (Å²) in [6.45, 7) is 2.23. The molecule has 1 saturated carbocycles. The van der Waals surface area contributed by atoms with Crippen molar-refractivity contribution in [3.8, 4) is 0 Å². The minimum absolute atomic E-state index is 0.561. The van der Waals surface area contributed by atoms with Crippen molar-refractivity contribution >= 4 is 17.2 Å². The summed E-state index contributed by atoms with van der Waals surface area (Å²) < 4.78 is 5.41. The molecule has 2 aliphatic rings. The van der Waals surface area contributed by atoms with Gasteiger partial charge in [-0.2, -0.15) is 0 Å². The Morgan fingerprint density at radius 3 is 3.21 bits per heavy atom. The molecular formula is C16H18N2O. The van der Waals surface area contributed by atoms with Crippen LogP contribution >= 0.6 is 0 Å². The van der Waals surface area contributed by atoms with Gasteiger partial charge in [-0.1, -0.05) is 11.6 Å². The van der Waals surface area contributed by atoms with Crippen molar-refractivity contribution in [2.24, 2.45) is 5.92 Å². The lowest BCUT2D eigenvalue weighted by molar-refractivity contribution is 0.422. The number of rotatable bonds is 2. The second-order valence-corrected chi connectivity index (χ2v) is 5.88. The molecule has 98 valence electrons. The highest BCUT2D eigenvalue weighted by atomic mass is 16.3. The van der Waals surface area contributed by atoms with E-state index in [2.05, 4.69) is 29.4 Å². The molecule has 2 bridgehead atoms. The van der Waals surface area contributed by atoms with E-state index in [4.69, 9.17) is 4.42 Å². The summed E-state index contributed by atoms with van der Waals surface area (Å²) >= 11 is 0. The molecule has 1 aliphatic carbocycles. The van der Waals surface area contributed by atoms with Gasteiger partial charge in [0.2, 0.25) is 0 Å². The van der Waals surface area contributed by atoms with Gasteiger partial charge >= 0.3 is 0 Å². The van der Waals surface area contributed by atoms with E-state index in [1.807, 2.05) is 12.3 Å². The molecule has 3 heteroatoms. The maximum absolute atomic E-state index is 5.41. The first kappa shape index (κ1) is 11.2. The number of nitrogens with one attached hydrogen (secondary N) is 1. The van der Waals surface area contributed by atoms with Gasteiger partial charge in [0.15, 0.2) is 5.58 Å². The Morgan fingerprint density at radius 1 is 1.47 bits per heavy atom. The first-order chi connectivity index (χ1) is 9.29. The summed E-state index contributed by atoms with van der Waals surface area (Å²) in [6.07, 6.45) is 9.94. The monoisotopic (exact) mass is 254 g/mol. The van der Waals surface area contributed by atoms with Crippen molar-refractivity contribution in [1.82, 2.24) is 10.3 Å². The molecule has 2 fully saturated rings. The number of aromatic nitrogens is 1. The van der Waals surface area contributed by atoms with Crippen LogP contribution in [0.1, 0.15) is 31.7 Å². The molecule has 0 aromatic carbocycles. The highest BCUT2D eigenvalue weighted by Crippen LogP contribution is 2.38. The van der Waals surface area contributed by atoms with Crippen molar-refractivity contribution in [3.05, 3.63) is 35.7 Å². The molecule has 0 radical (unpaired) electrons. The van der Waals surface area contributed by atoms with Gasteiger partial charge in [0.1, 0.15) is 5.52 Å². The van der Waals surface area contributed by atoms with Gasteiger partial charge in [-0.3, -0.25) is 4.98 Å². The minimum atomic E-state index is 0.561. The largest absolute Gasteiger partial charge is 0.463 e. The van der Waals surface area contributed by atoms with Crippen LogP contribution in [0, 0.1) is 5.92 Å². The second kappa shape index (κ2) is 4.20. The molecule has 3 atom stereocenters. The van der Waals surface area contributed by atoms with Crippen LogP contribution in [-0.2, 0) is 0 Å². The number of fused-ring (bicyclic) bond motifs is 3. The molecule has 1 aliphatic heterocycles. The molecule has 2 aromatic rings. The van der Waals surface area contributed by atoms with Gasteiger partial charge in [-0.05, 0) is 43.7 Å². The SMILES string of the molecule is CC(=Cc1cnc2ccoc2c1)C1NC2CCC1C2. The second-order valence-electron chi connectivity index (χ2n) is 5.88. The standard InChI is InChI=1S/C16H18N2O/c1-10(16-12-2-3-13(8-12)18-16)6-11-7-15-14(17-9-11)4-5-19-15/h4-7,9,12-13,16,18H,2-3,8H2,1H3. The summed E-state index contributed by atoms with van der Waals surface area (Å²) in [6, 6.07) is 5.28. The Labute approximate surface area is 112 Å². The lowest BCUT2D eigenvalue weighted by Gasteiger charge is -2.24. The number of pyridine rings is 1. The lowest BCUT2D eigenvalue weighted by Crippen LogP contribution is -2.36. The molecule has 4 rings (SSSR count). The summed E-state index contributed by atoms with van der Waals surface area (Å²) in [7, 11) is 0. The zero-order valence-corrected chi connectivity index (χ0v) is 11.1. The third-order valence-electron chi connectivity index (χ3n) is 4.57. The molecule has 3 heterocycles. The Bertz CT molecular complexity index is 643. The maximum Gasteiger partial charge on any atom is 0.152 e. The van der Waals surface area contributed by atoms with Crippen molar-refractivity contribution in [3.63, 3.8) is 0 Å². The van der Waals surface area contributed by atoms with Crippen LogP contribution in [0.15, 0.2) is 34.6 Å². The van der Waals surface area contributed by atoms with E-state index in [-0.39, 0.29) is 0 Å². The summed E-state index contributed by atoms with van der Waals surface area (Å²) in [5.41, 5.74) is 4.33. The van der Waals surface area contributed by atoms with Crippen LogP contribution in [0.25, 0.3) is 17.2 Å². The Morgan fingerprint density at radius 2 is 2.42 bits per heavy atom. The Hall–Kier alpha value is -1.61. The van der Waals surface area contributed by atoms with Crippen LogP contribution in [0.2, 0.25) is 0 Å². The number of piperidine rings is 1. The minimum Gasteiger partial charge on any atom is -0.463 e. The van der Waals surface area contributed by atoms with Crippen molar-refractivity contribution in [2.75, 3.05) is 0 Å². The zero-order valence-electron chi connectivity index (χ0n) is 11.1. The normalized spacial score (nSPS) is 30.4. The topological polar surface area (TPSA) is 38.1 Å². The lowest BCUT2D eigenvalue weighted by atomic mass is 9.93. The van der Waals surface area contributed by atoms with Crippen LogP contribution in [0.3, 0.4) is 0 Å². The number of furan rings is 1. The van der Waals surface area contributed by atoms with E-state index in [0.29, 0.717) is 6.04 Å². The van der Waals surface area contributed by atoms with Crippen LogP contribution in [0.5, 0.6) is 0 Å². The van der Waals surface area contributed by atoms with Gasteiger partial charge in [0.05, 0.1) is 6.26 Å². The average molecular weight is 254 g/mol. The molecule has 0 amide bonds. The Balaban J connectivity index is 1.63. The zero-order chi connectivity index (χ0) is 12.8. The van der Waals surface area contributed by atoms with E-state index in [9.17, 15) is 0 Å². The molecule has 3 nitrogen and oxygen atoms in total.